The molecule has 0 atom stereocenters. The molecule has 0 radical (unpaired) electrons. The molecule has 0 fully saturated rings. The number of anilines is 1. The molecule has 0 unspecified atom stereocenters. The van der Waals surface area contributed by atoms with Gasteiger partial charge in [-0.2, -0.15) is 0 Å². The summed E-state index contributed by atoms with van der Waals surface area (Å²) in [5.74, 6) is 1.53. The third-order valence-electron chi connectivity index (χ3n) is 2.76. The second-order valence-electron chi connectivity index (χ2n) is 5.13. The Labute approximate surface area is 91.6 Å². The fourth-order valence-corrected chi connectivity index (χ4v) is 1.78. The SMILES string of the molecule is CC(C)c1ccc2c(c1)NCC(C)(C)O2. The highest BCUT2D eigenvalue weighted by Crippen LogP contribution is 2.34. The van der Waals surface area contributed by atoms with Crippen LogP contribution in [0.3, 0.4) is 0 Å². The smallest absolute Gasteiger partial charge is 0.143 e. The molecule has 0 saturated heterocycles. The van der Waals surface area contributed by atoms with Crippen molar-refractivity contribution in [1.82, 2.24) is 0 Å². The van der Waals surface area contributed by atoms with E-state index in [-0.39, 0.29) is 5.60 Å². The minimum Gasteiger partial charge on any atom is -0.484 e. The van der Waals surface area contributed by atoms with E-state index in [1.54, 1.807) is 0 Å². The molecule has 1 N–H and O–H groups in total. The van der Waals surface area contributed by atoms with Gasteiger partial charge in [0, 0.05) is 0 Å². The van der Waals surface area contributed by atoms with Crippen LogP contribution >= 0.6 is 0 Å². The highest BCUT2D eigenvalue weighted by atomic mass is 16.5. The lowest BCUT2D eigenvalue weighted by atomic mass is 10.0. The second kappa shape index (κ2) is 3.44. The first-order chi connectivity index (χ1) is 6.98. The van der Waals surface area contributed by atoms with Crippen molar-refractivity contribution in [1.29, 1.82) is 0 Å². The van der Waals surface area contributed by atoms with E-state index in [2.05, 4.69) is 51.2 Å². The normalized spacial score (nSPS) is 17.9. The Hall–Kier alpha value is -1.18. The standard InChI is InChI=1S/C13H19NO/c1-9(2)10-5-6-12-11(7-10)14-8-13(3,4)15-12/h5-7,9,14H,8H2,1-4H3. The minimum atomic E-state index is -0.105. The molecule has 82 valence electrons. The Balaban J connectivity index is 2.32. The van der Waals surface area contributed by atoms with Gasteiger partial charge in [-0.1, -0.05) is 19.9 Å². The summed E-state index contributed by atoms with van der Waals surface area (Å²) in [7, 11) is 0. The Morgan fingerprint density at radius 2 is 2.07 bits per heavy atom. The maximum absolute atomic E-state index is 5.89. The van der Waals surface area contributed by atoms with E-state index in [9.17, 15) is 0 Å². The van der Waals surface area contributed by atoms with Gasteiger partial charge < -0.3 is 10.1 Å². The Morgan fingerprint density at radius 1 is 1.33 bits per heavy atom. The maximum atomic E-state index is 5.89. The number of benzene rings is 1. The molecule has 1 heterocycles. The van der Waals surface area contributed by atoms with E-state index < -0.39 is 0 Å². The summed E-state index contributed by atoms with van der Waals surface area (Å²) in [5.41, 5.74) is 2.37. The molecule has 0 bridgehead atoms. The molecule has 0 spiro atoms. The van der Waals surface area contributed by atoms with Crippen LogP contribution in [0.15, 0.2) is 18.2 Å². The first-order valence-corrected chi connectivity index (χ1v) is 5.55. The van der Waals surface area contributed by atoms with E-state index in [1.807, 2.05) is 0 Å². The van der Waals surface area contributed by atoms with E-state index in [1.165, 1.54) is 5.56 Å². The Bertz CT molecular complexity index is 369. The number of rotatable bonds is 1. The summed E-state index contributed by atoms with van der Waals surface area (Å²) < 4.78 is 5.89. The first kappa shape index (κ1) is 10.3. The molecule has 15 heavy (non-hydrogen) atoms. The van der Waals surface area contributed by atoms with Gasteiger partial charge in [-0.05, 0) is 37.5 Å². The summed E-state index contributed by atoms with van der Waals surface area (Å²) in [4.78, 5) is 0. The zero-order valence-electron chi connectivity index (χ0n) is 9.92. The average molecular weight is 205 g/mol. The number of fused-ring (bicyclic) bond motifs is 1. The van der Waals surface area contributed by atoms with Crippen LogP contribution in [0.1, 0.15) is 39.2 Å². The van der Waals surface area contributed by atoms with Gasteiger partial charge in [-0.25, -0.2) is 0 Å². The van der Waals surface area contributed by atoms with Gasteiger partial charge in [0.25, 0.3) is 0 Å². The van der Waals surface area contributed by atoms with Crippen LogP contribution in [-0.4, -0.2) is 12.1 Å². The highest BCUT2D eigenvalue weighted by Gasteiger charge is 2.26. The zero-order chi connectivity index (χ0) is 11.1. The van der Waals surface area contributed by atoms with Crippen molar-refractivity contribution in [2.45, 2.75) is 39.2 Å². The van der Waals surface area contributed by atoms with E-state index >= 15 is 0 Å². The largest absolute Gasteiger partial charge is 0.484 e. The predicted octanol–water partition coefficient (Wildman–Crippen LogP) is 3.39. The molecule has 0 saturated carbocycles. The van der Waals surface area contributed by atoms with Crippen LogP contribution in [-0.2, 0) is 0 Å². The fourth-order valence-electron chi connectivity index (χ4n) is 1.78. The van der Waals surface area contributed by atoms with Crippen LogP contribution in [0.5, 0.6) is 5.75 Å². The molecule has 1 aliphatic heterocycles. The van der Waals surface area contributed by atoms with Gasteiger partial charge in [0.05, 0.1) is 12.2 Å². The molecular weight excluding hydrogens is 186 g/mol. The lowest BCUT2D eigenvalue weighted by Gasteiger charge is -2.33. The van der Waals surface area contributed by atoms with Gasteiger partial charge in [-0.15, -0.1) is 0 Å². The number of nitrogens with one attached hydrogen (secondary N) is 1. The van der Waals surface area contributed by atoms with Crippen molar-refractivity contribution in [2.75, 3.05) is 11.9 Å². The van der Waals surface area contributed by atoms with Gasteiger partial charge in [0.1, 0.15) is 11.4 Å². The molecule has 2 heteroatoms. The number of hydrogen-bond acceptors (Lipinski definition) is 2. The molecule has 1 aromatic rings. The summed E-state index contributed by atoms with van der Waals surface area (Å²) in [5, 5.41) is 3.42. The van der Waals surface area contributed by atoms with Gasteiger partial charge >= 0.3 is 0 Å². The van der Waals surface area contributed by atoms with Crippen LogP contribution in [0.2, 0.25) is 0 Å². The minimum absolute atomic E-state index is 0.105. The van der Waals surface area contributed by atoms with Crippen LogP contribution in [0, 0.1) is 0 Å². The first-order valence-electron chi connectivity index (χ1n) is 5.55. The zero-order valence-corrected chi connectivity index (χ0v) is 9.92. The maximum Gasteiger partial charge on any atom is 0.143 e. The van der Waals surface area contributed by atoms with E-state index in [0.29, 0.717) is 5.92 Å². The lowest BCUT2D eigenvalue weighted by Crippen LogP contribution is -2.40. The van der Waals surface area contributed by atoms with Crippen molar-refractivity contribution in [3.63, 3.8) is 0 Å². The monoisotopic (exact) mass is 205 g/mol. The van der Waals surface area contributed by atoms with Crippen molar-refractivity contribution in [2.24, 2.45) is 0 Å². The van der Waals surface area contributed by atoms with Crippen molar-refractivity contribution < 1.29 is 4.74 Å². The van der Waals surface area contributed by atoms with Crippen molar-refractivity contribution >= 4 is 5.69 Å². The van der Waals surface area contributed by atoms with Crippen LogP contribution in [0.4, 0.5) is 5.69 Å². The van der Waals surface area contributed by atoms with Gasteiger partial charge in [0.15, 0.2) is 0 Å². The highest BCUT2D eigenvalue weighted by molar-refractivity contribution is 5.60. The summed E-state index contributed by atoms with van der Waals surface area (Å²) in [6, 6.07) is 6.40. The summed E-state index contributed by atoms with van der Waals surface area (Å²) in [6.45, 7) is 9.46. The molecule has 0 amide bonds. The third-order valence-corrected chi connectivity index (χ3v) is 2.76. The number of ether oxygens (including phenoxy) is 1. The molecule has 1 aliphatic rings. The van der Waals surface area contributed by atoms with Gasteiger partial charge in [0.2, 0.25) is 0 Å². The Morgan fingerprint density at radius 3 is 2.73 bits per heavy atom. The summed E-state index contributed by atoms with van der Waals surface area (Å²) in [6.07, 6.45) is 0. The predicted molar refractivity (Wildman–Crippen MR) is 63.7 cm³/mol. The molecule has 2 rings (SSSR count). The third kappa shape index (κ3) is 2.09. The van der Waals surface area contributed by atoms with Gasteiger partial charge in [-0.3, -0.25) is 0 Å². The molecule has 2 nitrogen and oxygen atoms in total. The van der Waals surface area contributed by atoms with Crippen molar-refractivity contribution in [3.05, 3.63) is 23.8 Å². The number of hydrogen-bond donors (Lipinski definition) is 1. The van der Waals surface area contributed by atoms with Crippen molar-refractivity contribution in [3.8, 4) is 5.75 Å². The van der Waals surface area contributed by atoms with Crippen LogP contribution in [0.25, 0.3) is 0 Å². The summed E-state index contributed by atoms with van der Waals surface area (Å²) >= 11 is 0. The quantitative estimate of drug-likeness (QED) is 0.758. The lowest BCUT2D eigenvalue weighted by molar-refractivity contribution is 0.116. The topological polar surface area (TPSA) is 21.3 Å². The molecule has 0 aliphatic carbocycles. The average Bonchev–Trinajstić information content (AvgIpc) is 2.15. The fraction of sp³-hybridized carbons (Fsp3) is 0.538. The molecule has 1 aromatic carbocycles. The van der Waals surface area contributed by atoms with E-state index in [0.717, 1.165) is 18.0 Å². The van der Waals surface area contributed by atoms with E-state index in [4.69, 9.17) is 4.74 Å². The molecule has 0 aromatic heterocycles. The molecular formula is C13H19NO. The second-order valence-corrected chi connectivity index (χ2v) is 5.13. The Kier molecular flexibility index (Phi) is 2.37. The van der Waals surface area contributed by atoms with Crippen LogP contribution < -0.4 is 10.1 Å².